The van der Waals surface area contributed by atoms with Crippen molar-refractivity contribution in [2.45, 2.75) is 26.3 Å². The second-order valence-corrected chi connectivity index (χ2v) is 4.80. The van der Waals surface area contributed by atoms with Gasteiger partial charge in [-0.05, 0) is 52.1 Å². The van der Waals surface area contributed by atoms with Crippen LogP contribution in [0, 0.1) is 0 Å². The minimum absolute atomic E-state index is 0.109. The second-order valence-electron chi connectivity index (χ2n) is 4.80. The van der Waals surface area contributed by atoms with Crippen molar-refractivity contribution >= 4 is 5.91 Å². The van der Waals surface area contributed by atoms with E-state index in [1.165, 1.54) is 0 Å². The van der Waals surface area contributed by atoms with Crippen LogP contribution in [0.5, 0.6) is 0 Å². The Hall–Kier alpha value is -1.68. The lowest BCUT2D eigenvalue weighted by molar-refractivity contribution is -0.134. The van der Waals surface area contributed by atoms with Gasteiger partial charge in [0.25, 0.3) is 0 Å². The van der Waals surface area contributed by atoms with Crippen molar-refractivity contribution in [2.75, 3.05) is 27.7 Å². The van der Waals surface area contributed by atoms with E-state index in [0.717, 1.165) is 18.5 Å². The van der Waals surface area contributed by atoms with Crippen molar-refractivity contribution in [1.29, 1.82) is 0 Å². The van der Waals surface area contributed by atoms with Gasteiger partial charge in [0.1, 0.15) is 0 Å². The molecule has 4 heteroatoms. The van der Waals surface area contributed by atoms with Gasteiger partial charge in [0.2, 0.25) is 5.91 Å². The Balaban J connectivity index is 0.00000110. The second kappa shape index (κ2) is 10.1. The Labute approximate surface area is 123 Å². The maximum absolute atomic E-state index is 12.2. The predicted octanol–water partition coefficient (Wildman–Crippen LogP) is 2.22. The van der Waals surface area contributed by atoms with E-state index < -0.39 is 0 Å². The monoisotopic (exact) mass is 277 g/mol. The maximum atomic E-state index is 12.2. The van der Waals surface area contributed by atoms with Crippen LogP contribution < -0.4 is 0 Å². The van der Waals surface area contributed by atoms with Gasteiger partial charge in [-0.25, -0.2) is 0 Å². The number of likely N-dealkylation sites (N-methyl/N-ethyl adjacent to an activating group) is 2. The molecule has 0 spiro atoms. The van der Waals surface area contributed by atoms with Gasteiger partial charge in [-0.1, -0.05) is 6.08 Å². The Morgan fingerprint density at radius 2 is 1.85 bits per heavy atom. The summed E-state index contributed by atoms with van der Waals surface area (Å²) in [6.07, 6.45) is 5.99. The molecule has 4 nitrogen and oxygen atoms in total. The quantitative estimate of drug-likeness (QED) is 0.774. The smallest absolute Gasteiger partial charge is 0.239 e. The third-order valence-corrected chi connectivity index (χ3v) is 2.94. The van der Waals surface area contributed by atoms with Gasteiger partial charge in [-0.3, -0.25) is 14.7 Å². The highest BCUT2D eigenvalue weighted by molar-refractivity contribution is 5.81. The fourth-order valence-corrected chi connectivity index (χ4v) is 1.64. The van der Waals surface area contributed by atoms with E-state index in [1.807, 2.05) is 52.0 Å². The summed E-state index contributed by atoms with van der Waals surface area (Å²) in [5, 5.41) is 0. The molecule has 1 amide bonds. The van der Waals surface area contributed by atoms with Crippen LogP contribution in [0.3, 0.4) is 0 Å². The van der Waals surface area contributed by atoms with E-state index in [0.29, 0.717) is 0 Å². The molecule has 0 aliphatic rings. The van der Waals surface area contributed by atoms with E-state index in [1.54, 1.807) is 23.4 Å². The van der Waals surface area contributed by atoms with E-state index in [-0.39, 0.29) is 11.9 Å². The molecule has 1 rings (SSSR count). The van der Waals surface area contributed by atoms with Crippen LogP contribution in [0.2, 0.25) is 0 Å². The topological polar surface area (TPSA) is 36.4 Å². The highest BCUT2D eigenvalue weighted by Gasteiger charge is 2.23. The molecule has 0 N–H and O–H groups in total. The van der Waals surface area contributed by atoms with Crippen LogP contribution in [0.15, 0.2) is 37.2 Å². The fraction of sp³-hybridized carbons (Fsp3) is 0.500. The van der Waals surface area contributed by atoms with E-state index in [9.17, 15) is 4.79 Å². The van der Waals surface area contributed by atoms with E-state index in [2.05, 4.69) is 11.6 Å². The number of pyridine rings is 1. The first kappa shape index (κ1) is 18.3. The van der Waals surface area contributed by atoms with Crippen molar-refractivity contribution in [3.63, 3.8) is 0 Å². The molecule has 1 aromatic heterocycles. The maximum Gasteiger partial charge on any atom is 0.239 e. The summed E-state index contributed by atoms with van der Waals surface area (Å²) in [5.74, 6) is 0.161. The van der Waals surface area contributed by atoms with Gasteiger partial charge in [-0.15, -0.1) is 6.58 Å². The third-order valence-electron chi connectivity index (χ3n) is 2.94. The Morgan fingerprint density at radius 3 is 2.25 bits per heavy atom. The summed E-state index contributed by atoms with van der Waals surface area (Å²) < 4.78 is 0. The number of aromatic nitrogens is 1. The Kier molecular flexibility index (Phi) is 9.30. The summed E-state index contributed by atoms with van der Waals surface area (Å²) in [6.45, 7) is 7.97. The number of carbonyl (C=O) groups is 1. The molecule has 1 aromatic rings. The molecule has 1 unspecified atom stereocenters. The van der Waals surface area contributed by atoms with Crippen LogP contribution >= 0.6 is 0 Å². The number of nitrogens with zero attached hydrogens (tertiary/aromatic N) is 3. The minimum Gasteiger partial charge on any atom is -0.345 e. The zero-order valence-electron chi connectivity index (χ0n) is 13.3. The number of hydrogen-bond donors (Lipinski definition) is 0. The Bertz CT molecular complexity index is 390. The molecule has 0 saturated heterocycles. The van der Waals surface area contributed by atoms with Crippen LogP contribution in [-0.2, 0) is 11.2 Å². The van der Waals surface area contributed by atoms with Crippen molar-refractivity contribution in [3.05, 3.63) is 42.7 Å². The van der Waals surface area contributed by atoms with E-state index in [4.69, 9.17) is 0 Å². The summed E-state index contributed by atoms with van der Waals surface area (Å²) in [4.78, 5) is 19.9. The van der Waals surface area contributed by atoms with Gasteiger partial charge in [0, 0.05) is 26.0 Å². The van der Waals surface area contributed by atoms with Crippen molar-refractivity contribution < 1.29 is 4.79 Å². The van der Waals surface area contributed by atoms with Gasteiger partial charge in [-0.2, -0.15) is 0 Å². The van der Waals surface area contributed by atoms with Crippen LogP contribution in [0.4, 0.5) is 0 Å². The summed E-state index contributed by atoms with van der Waals surface area (Å²) in [6, 6.07) is 3.80. The van der Waals surface area contributed by atoms with Crippen molar-refractivity contribution in [2.24, 2.45) is 0 Å². The number of amides is 1. The molecule has 1 heterocycles. The normalized spacial score (nSPS) is 11.3. The van der Waals surface area contributed by atoms with Gasteiger partial charge in [0.05, 0.1) is 6.04 Å². The summed E-state index contributed by atoms with van der Waals surface area (Å²) in [7, 11) is 5.71. The molecule has 112 valence electrons. The number of hydrogen-bond acceptors (Lipinski definition) is 3. The lowest BCUT2D eigenvalue weighted by Crippen LogP contribution is -2.45. The van der Waals surface area contributed by atoms with Gasteiger partial charge < -0.3 is 4.90 Å². The molecule has 1 atom stereocenters. The summed E-state index contributed by atoms with van der Waals surface area (Å²) in [5.41, 5.74) is 1.14. The molecular weight excluding hydrogens is 250 g/mol. The SMILES string of the molecule is C=CC.CCN(C)C(=O)C(Cc1ccncc1)N(C)C. The Morgan fingerprint density at radius 1 is 1.35 bits per heavy atom. The predicted molar refractivity (Wildman–Crippen MR) is 84.6 cm³/mol. The average molecular weight is 277 g/mol. The molecule has 0 aromatic carbocycles. The zero-order chi connectivity index (χ0) is 15.5. The standard InChI is InChI=1S/C13H21N3O.C3H6/c1-5-16(4)13(17)12(15(2)3)10-11-6-8-14-9-7-11;1-3-2/h6-9,12H,5,10H2,1-4H3;3H,1H2,2H3. The first-order chi connectivity index (χ1) is 9.47. The minimum atomic E-state index is -0.109. The highest BCUT2D eigenvalue weighted by Crippen LogP contribution is 2.08. The summed E-state index contributed by atoms with van der Waals surface area (Å²) >= 11 is 0. The van der Waals surface area contributed by atoms with Crippen molar-refractivity contribution in [1.82, 2.24) is 14.8 Å². The van der Waals surface area contributed by atoms with Crippen LogP contribution in [0.25, 0.3) is 0 Å². The molecule has 0 aliphatic carbocycles. The van der Waals surface area contributed by atoms with Crippen LogP contribution in [0.1, 0.15) is 19.4 Å². The molecule has 20 heavy (non-hydrogen) atoms. The van der Waals surface area contributed by atoms with Crippen LogP contribution in [-0.4, -0.2) is 54.4 Å². The van der Waals surface area contributed by atoms with Gasteiger partial charge >= 0.3 is 0 Å². The molecule has 0 fully saturated rings. The molecule has 0 bridgehead atoms. The van der Waals surface area contributed by atoms with Crippen molar-refractivity contribution in [3.8, 4) is 0 Å². The first-order valence-electron chi connectivity index (χ1n) is 6.85. The lowest BCUT2D eigenvalue weighted by Gasteiger charge is -2.27. The number of allylic oxidation sites excluding steroid dienone is 1. The third kappa shape index (κ3) is 6.48. The average Bonchev–Trinajstić information content (AvgIpc) is 2.45. The number of carbonyl (C=O) groups excluding carboxylic acids is 1. The molecular formula is C16H27N3O. The fourth-order valence-electron chi connectivity index (χ4n) is 1.64. The van der Waals surface area contributed by atoms with E-state index >= 15 is 0 Å². The lowest BCUT2D eigenvalue weighted by atomic mass is 10.1. The molecule has 0 radical (unpaired) electrons. The highest BCUT2D eigenvalue weighted by atomic mass is 16.2. The molecule has 0 saturated carbocycles. The van der Waals surface area contributed by atoms with Gasteiger partial charge in [0.15, 0.2) is 0 Å². The largest absolute Gasteiger partial charge is 0.345 e. The number of rotatable bonds is 5. The molecule has 0 aliphatic heterocycles. The first-order valence-corrected chi connectivity index (χ1v) is 6.85. The zero-order valence-corrected chi connectivity index (χ0v) is 13.3.